The van der Waals surface area contributed by atoms with E-state index in [1.54, 1.807) is 0 Å². The predicted molar refractivity (Wildman–Crippen MR) is 70.6 cm³/mol. The highest BCUT2D eigenvalue weighted by Gasteiger charge is 2.42. The van der Waals surface area contributed by atoms with Crippen LogP contribution < -0.4 is 0 Å². The number of esters is 1. The maximum atomic E-state index is 11.7. The molecular formula is C15H25O2. The van der Waals surface area contributed by atoms with Crippen LogP contribution in [0.3, 0.4) is 0 Å². The molecule has 0 N–H and O–H groups in total. The average molecular weight is 237 g/mol. The molecule has 1 radical (unpaired) electrons. The Morgan fingerprint density at radius 2 is 1.53 bits per heavy atom. The Morgan fingerprint density at radius 3 is 2.06 bits per heavy atom. The van der Waals surface area contributed by atoms with Gasteiger partial charge in [-0.1, -0.05) is 33.1 Å². The smallest absolute Gasteiger partial charge is 0.322 e. The number of rotatable bonds is 9. The highest BCUT2D eigenvalue weighted by atomic mass is 16.5. The van der Waals surface area contributed by atoms with Crippen LogP contribution in [0.25, 0.3) is 0 Å². The van der Waals surface area contributed by atoms with Crippen LogP contribution in [-0.4, -0.2) is 12.6 Å². The van der Waals surface area contributed by atoms with Crippen molar-refractivity contribution in [1.82, 2.24) is 0 Å². The molecule has 0 aromatic heterocycles. The van der Waals surface area contributed by atoms with Crippen molar-refractivity contribution in [2.75, 3.05) is 6.61 Å². The number of hydrogen-bond donors (Lipinski definition) is 0. The summed E-state index contributed by atoms with van der Waals surface area (Å²) in [4.78, 5) is 11.7. The van der Waals surface area contributed by atoms with E-state index in [-0.39, 0.29) is 5.97 Å². The zero-order valence-electron chi connectivity index (χ0n) is 11.5. The van der Waals surface area contributed by atoms with Gasteiger partial charge in [0.05, 0.1) is 6.61 Å². The molecule has 97 valence electrons. The summed E-state index contributed by atoms with van der Waals surface area (Å²) in [5.41, 5.74) is 2.62. The lowest BCUT2D eigenvalue weighted by atomic mass is 10.1. The molecule has 2 nitrogen and oxygen atoms in total. The average Bonchev–Trinajstić information content (AvgIpc) is 3.00. The van der Waals surface area contributed by atoms with E-state index in [9.17, 15) is 4.79 Å². The first-order chi connectivity index (χ1) is 8.26. The Morgan fingerprint density at radius 1 is 0.941 bits per heavy atom. The Hall–Kier alpha value is -0.790. The third-order valence-electron chi connectivity index (χ3n) is 3.20. The molecular weight excluding hydrogens is 212 g/mol. The molecule has 0 bridgehead atoms. The summed E-state index contributed by atoms with van der Waals surface area (Å²) in [6.07, 6.45) is 8.17. The second-order valence-electron chi connectivity index (χ2n) is 4.61. The zero-order valence-corrected chi connectivity index (χ0v) is 11.5. The maximum Gasteiger partial charge on any atom is 0.322 e. The van der Waals surface area contributed by atoms with Crippen LogP contribution in [0, 0.1) is 5.92 Å². The van der Waals surface area contributed by atoms with Gasteiger partial charge in [0.2, 0.25) is 0 Å². The topological polar surface area (TPSA) is 26.3 Å². The van der Waals surface area contributed by atoms with E-state index >= 15 is 0 Å². The van der Waals surface area contributed by atoms with Crippen molar-refractivity contribution in [2.24, 2.45) is 0 Å². The molecule has 0 fully saturated rings. The number of ether oxygens (including phenoxy) is 1. The van der Waals surface area contributed by atoms with Crippen molar-refractivity contribution in [3.63, 3.8) is 0 Å². The molecule has 2 heteroatoms. The van der Waals surface area contributed by atoms with Crippen LogP contribution in [0.2, 0.25) is 0 Å². The molecule has 1 aliphatic carbocycles. The van der Waals surface area contributed by atoms with Gasteiger partial charge in [-0.2, -0.15) is 0 Å². The zero-order chi connectivity index (χ0) is 12.7. The second kappa shape index (κ2) is 7.52. The molecule has 0 saturated heterocycles. The highest BCUT2D eigenvalue weighted by Crippen LogP contribution is 2.48. The molecule has 17 heavy (non-hydrogen) atoms. The van der Waals surface area contributed by atoms with Gasteiger partial charge in [0.15, 0.2) is 0 Å². The SMILES string of the molecule is CCCCCC1=C(CCCC)[C]1C(=O)OCC. The van der Waals surface area contributed by atoms with Crippen molar-refractivity contribution in [3.05, 3.63) is 17.1 Å². The van der Waals surface area contributed by atoms with Gasteiger partial charge < -0.3 is 4.74 Å². The van der Waals surface area contributed by atoms with E-state index in [0.717, 1.165) is 18.8 Å². The van der Waals surface area contributed by atoms with Crippen molar-refractivity contribution >= 4 is 5.97 Å². The Balaban J connectivity index is 2.41. The summed E-state index contributed by atoms with van der Waals surface area (Å²) in [5, 5.41) is 0. The fourth-order valence-electron chi connectivity index (χ4n) is 2.18. The highest BCUT2D eigenvalue weighted by molar-refractivity contribution is 6.02. The molecule has 0 atom stereocenters. The van der Waals surface area contributed by atoms with Crippen LogP contribution in [-0.2, 0) is 9.53 Å². The van der Waals surface area contributed by atoms with E-state index < -0.39 is 0 Å². The molecule has 0 aliphatic heterocycles. The van der Waals surface area contributed by atoms with Gasteiger partial charge >= 0.3 is 5.97 Å². The lowest BCUT2D eigenvalue weighted by molar-refractivity contribution is -0.139. The fourth-order valence-corrected chi connectivity index (χ4v) is 2.18. The van der Waals surface area contributed by atoms with Crippen molar-refractivity contribution < 1.29 is 9.53 Å². The van der Waals surface area contributed by atoms with Crippen molar-refractivity contribution in [1.29, 1.82) is 0 Å². The van der Waals surface area contributed by atoms with Gasteiger partial charge in [-0.15, -0.1) is 0 Å². The monoisotopic (exact) mass is 237 g/mol. The molecule has 0 aromatic carbocycles. The van der Waals surface area contributed by atoms with Crippen LogP contribution in [0.15, 0.2) is 11.1 Å². The van der Waals surface area contributed by atoms with E-state index in [4.69, 9.17) is 4.74 Å². The normalized spacial score (nSPS) is 15.2. The van der Waals surface area contributed by atoms with E-state index in [2.05, 4.69) is 13.8 Å². The standard InChI is InChI=1S/C15H25O2/c1-4-7-9-11-13-12(10-8-5-2)14(13)15(16)17-6-3/h4-11H2,1-3H3. The molecule has 1 aliphatic rings. The lowest BCUT2D eigenvalue weighted by Gasteiger charge is -2.01. The van der Waals surface area contributed by atoms with Crippen molar-refractivity contribution in [2.45, 2.75) is 65.7 Å². The van der Waals surface area contributed by atoms with Crippen molar-refractivity contribution in [3.8, 4) is 0 Å². The Bertz CT molecular complexity index is 279. The van der Waals surface area contributed by atoms with Crippen LogP contribution in [0.1, 0.15) is 65.7 Å². The Labute approximate surface area is 105 Å². The maximum absolute atomic E-state index is 11.7. The minimum Gasteiger partial charge on any atom is -0.465 e. The second-order valence-corrected chi connectivity index (χ2v) is 4.61. The first kappa shape index (κ1) is 14.3. The molecule has 0 aromatic rings. The number of hydrogen-bond acceptors (Lipinski definition) is 2. The first-order valence-corrected chi connectivity index (χ1v) is 7.03. The molecule has 0 saturated carbocycles. The summed E-state index contributed by atoms with van der Waals surface area (Å²) < 4.78 is 5.09. The van der Waals surface area contributed by atoms with E-state index in [1.165, 1.54) is 43.3 Å². The predicted octanol–water partition coefficient (Wildman–Crippen LogP) is 4.20. The number of unbranched alkanes of at least 4 members (excludes halogenated alkanes) is 3. The van der Waals surface area contributed by atoms with E-state index in [1.807, 2.05) is 6.92 Å². The third-order valence-corrected chi connectivity index (χ3v) is 3.20. The molecule has 0 unspecified atom stereocenters. The molecule has 0 amide bonds. The lowest BCUT2D eigenvalue weighted by Crippen LogP contribution is -2.08. The number of carbonyl (C=O) groups is 1. The van der Waals surface area contributed by atoms with Gasteiger partial charge in [-0.25, -0.2) is 0 Å². The van der Waals surface area contributed by atoms with Gasteiger partial charge in [-0.05, 0) is 43.8 Å². The summed E-state index contributed by atoms with van der Waals surface area (Å²) in [5.74, 6) is 0.835. The third kappa shape index (κ3) is 4.18. The van der Waals surface area contributed by atoms with E-state index in [0.29, 0.717) is 6.61 Å². The van der Waals surface area contributed by atoms with Crippen LogP contribution >= 0.6 is 0 Å². The summed E-state index contributed by atoms with van der Waals surface area (Å²) in [7, 11) is 0. The Kier molecular flexibility index (Phi) is 6.31. The molecule has 0 heterocycles. The fraction of sp³-hybridized carbons (Fsp3) is 0.733. The van der Waals surface area contributed by atoms with Crippen LogP contribution in [0.5, 0.6) is 0 Å². The van der Waals surface area contributed by atoms with Gasteiger partial charge in [0, 0.05) is 0 Å². The summed E-state index contributed by atoms with van der Waals surface area (Å²) >= 11 is 0. The first-order valence-electron chi connectivity index (χ1n) is 7.03. The minimum atomic E-state index is -0.0925. The van der Waals surface area contributed by atoms with Gasteiger partial charge in [0.1, 0.15) is 5.92 Å². The molecule has 1 rings (SSSR count). The van der Waals surface area contributed by atoms with Gasteiger partial charge in [0.25, 0.3) is 0 Å². The minimum absolute atomic E-state index is 0.0925. The largest absolute Gasteiger partial charge is 0.465 e. The van der Waals surface area contributed by atoms with Gasteiger partial charge in [-0.3, -0.25) is 4.79 Å². The number of carbonyl (C=O) groups excluding carboxylic acids is 1. The quantitative estimate of drug-likeness (QED) is 0.443. The van der Waals surface area contributed by atoms with Crippen LogP contribution in [0.4, 0.5) is 0 Å². The summed E-state index contributed by atoms with van der Waals surface area (Å²) in [6.45, 7) is 6.73. The molecule has 0 spiro atoms. The summed E-state index contributed by atoms with van der Waals surface area (Å²) in [6, 6.07) is 0.